The van der Waals surface area contributed by atoms with Crippen LogP contribution in [0.25, 0.3) is 11.1 Å². The molecule has 6 aromatic rings. The maximum absolute atomic E-state index is 14.8. The molecule has 23 heteroatoms. The Kier molecular flexibility index (Phi) is 21.1. The zero-order valence-corrected chi connectivity index (χ0v) is 49.3. The predicted octanol–water partition coefficient (Wildman–Crippen LogP) is 5.21. The summed E-state index contributed by atoms with van der Waals surface area (Å²) < 4.78 is 33.1. The van der Waals surface area contributed by atoms with Gasteiger partial charge in [-0.15, -0.1) is 0 Å². The smallest absolute Gasteiger partial charge is 0.410 e. The van der Waals surface area contributed by atoms with Crippen LogP contribution in [-0.4, -0.2) is 167 Å². The van der Waals surface area contributed by atoms with Gasteiger partial charge in [0, 0.05) is 32.0 Å². The van der Waals surface area contributed by atoms with Crippen molar-refractivity contribution >= 4 is 29.7 Å². The number of fused-ring (bicyclic) bond motifs is 3. The van der Waals surface area contributed by atoms with Gasteiger partial charge in [0.25, 0.3) is 0 Å². The third-order valence-corrected chi connectivity index (χ3v) is 15.8. The molecule has 4 aromatic carbocycles. The SMILES string of the molecule is CC(C)C(=O)N[C@H](C(=O)N1CCC[C@H]1Cn1nnnc1OCc1ccccc1)[C@@H](C)OCC#CC#CCOC(C)[C@H](NC(=O)[C@H](C)N(C)C(=O)OCC1c2ccccc2-c2ccccc21)C(=O)N1CCC[C@H]1Cn1nnnc1OCc1ccccc1. The lowest BCUT2D eigenvalue weighted by atomic mass is 9.98. The number of carbonyl (C=O) groups is 5. The number of tetrazole rings is 2. The number of likely N-dealkylation sites (tertiary alicyclic amines) is 2. The van der Waals surface area contributed by atoms with Gasteiger partial charge in [-0.25, -0.2) is 4.79 Å². The fraction of sp³-hybridized carbons (Fsp3) is 0.444. The van der Waals surface area contributed by atoms with E-state index in [4.69, 9.17) is 23.7 Å². The fourth-order valence-electron chi connectivity index (χ4n) is 10.7. The van der Waals surface area contributed by atoms with Crippen LogP contribution in [0, 0.1) is 29.6 Å². The van der Waals surface area contributed by atoms with Crippen LogP contribution in [0.15, 0.2) is 109 Å². The van der Waals surface area contributed by atoms with Crippen molar-refractivity contribution in [3.63, 3.8) is 0 Å². The van der Waals surface area contributed by atoms with Gasteiger partial charge in [0.2, 0.25) is 23.6 Å². The first kappa shape index (κ1) is 61.4. The van der Waals surface area contributed by atoms with Gasteiger partial charge in [0.1, 0.15) is 51.2 Å². The molecule has 2 fully saturated rings. The van der Waals surface area contributed by atoms with E-state index in [2.05, 4.69) is 77.5 Å². The van der Waals surface area contributed by atoms with Crippen LogP contribution in [-0.2, 0) is 59.7 Å². The molecule has 0 bridgehead atoms. The summed E-state index contributed by atoms with van der Waals surface area (Å²) in [6.45, 7) is 10.1. The molecule has 0 saturated carbocycles. The molecule has 1 aliphatic carbocycles. The lowest BCUT2D eigenvalue weighted by Gasteiger charge is -2.33. The van der Waals surface area contributed by atoms with Crippen molar-refractivity contribution in [3.8, 4) is 46.8 Å². The van der Waals surface area contributed by atoms with Crippen molar-refractivity contribution in [2.24, 2.45) is 5.92 Å². The number of likely N-dealkylation sites (N-methyl/N-ethyl adjacent to an activating group) is 1. The largest absolute Gasteiger partial charge is 0.458 e. The molecule has 86 heavy (non-hydrogen) atoms. The van der Waals surface area contributed by atoms with Crippen molar-refractivity contribution in [3.05, 3.63) is 131 Å². The third-order valence-electron chi connectivity index (χ3n) is 15.8. The number of hydrogen-bond acceptors (Lipinski definition) is 16. The number of nitrogens with one attached hydrogen (secondary N) is 2. The second-order valence-electron chi connectivity index (χ2n) is 21.8. The first-order valence-electron chi connectivity index (χ1n) is 29.1. The van der Waals surface area contributed by atoms with Crippen LogP contribution in [0.3, 0.4) is 0 Å². The van der Waals surface area contributed by atoms with E-state index >= 15 is 0 Å². The van der Waals surface area contributed by atoms with Crippen LogP contribution in [0.2, 0.25) is 0 Å². The van der Waals surface area contributed by atoms with Gasteiger partial charge in [0.05, 0.1) is 37.4 Å². The highest BCUT2D eigenvalue weighted by Crippen LogP contribution is 2.44. The minimum atomic E-state index is -1.22. The average Bonchev–Trinajstić information content (AvgIpc) is 2.06. The summed E-state index contributed by atoms with van der Waals surface area (Å²) >= 11 is 0. The summed E-state index contributed by atoms with van der Waals surface area (Å²) in [5.74, 6) is 9.03. The minimum Gasteiger partial charge on any atom is -0.458 e. The summed E-state index contributed by atoms with van der Waals surface area (Å²) in [5, 5.41) is 29.9. The third kappa shape index (κ3) is 15.4. The number of carbonyl (C=O) groups excluding carboxylic acids is 5. The molecule has 3 aliphatic rings. The first-order chi connectivity index (χ1) is 41.7. The highest BCUT2D eigenvalue weighted by molar-refractivity contribution is 5.92. The van der Waals surface area contributed by atoms with E-state index in [-0.39, 0.29) is 81.4 Å². The van der Waals surface area contributed by atoms with E-state index in [9.17, 15) is 24.0 Å². The first-order valence-corrected chi connectivity index (χ1v) is 29.1. The average molecular weight is 1170 g/mol. The van der Waals surface area contributed by atoms with Crippen LogP contribution >= 0.6 is 0 Å². The Morgan fingerprint density at radius 3 is 1.51 bits per heavy atom. The Balaban J connectivity index is 0.820. The molecule has 0 spiro atoms. The highest BCUT2D eigenvalue weighted by Gasteiger charge is 2.41. The maximum Gasteiger partial charge on any atom is 0.410 e. The monoisotopic (exact) mass is 1170 g/mol. The van der Waals surface area contributed by atoms with E-state index < -0.39 is 54.2 Å². The fourth-order valence-corrected chi connectivity index (χ4v) is 10.7. The summed E-state index contributed by atoms with van der Waals surface area (Å²) in [5.41, 5.74) is 6.17. The Morgan fingerprint density at radius 2 is 1.05 bits per heavy atom. The standard InChI is InChI=1S/C63H73N13O10/c1-42(2)57(77)64-55(59(79)73-33-21-27-48(73)37-75-61(66-68-70-75)84-39-46-23-11-9-12-24-46)44(4)82-35-19-7-8-20-36-83-45(5)56(60(80)74-34-22-28-49(74)38-76-62(67-69-71-76)85-40-47-25-13-10-14-26-47)65-58(78)43(3)72(6)63(81)86-41-54-52-31-17-15-29-50(52)51-30-16-18-32-53(51)54/h9-18,23-26,29-32,42-45,48-49,54-56H,21-22,27-28,33-41H2,1-6H3,(H,64,77)(H,65,78)/t43-,44+,45?,48-,49-,55-,56-/m0/s1. The van der Waals surface area contributed by atoms with Crippen molar-refractivity contribution in [1.82, 2.24) is 65.7 Å². The quantitative estimate of drug-likeness (QED) is 0.0698. The number of benzene rings is 4. The Morgan fingerprint density at radius 1 is 0.605 bits per heavy atom. The second-order valence-corrected chi connectivity index (χ2v) is 21.8. The number of rotatable bonds is 25. The lowest BCUT2D eigenvalue weighted by Crippen LogP contribution is -2.58. The molecule has 4 heterocycles. The summed E-state index contributed by atoms with van der Waals surface area (Å²) in [6.07, 6.45) is 0.350. The Hall–Kier alpha value is -9.19. The van der Waals surface area contributed by atoms with Gasteiger partial charge >= 0.3 is 18.1 Å². The number of amides is 5. The maximum atomic E-state index is 14.8. The van der Waals surface area contributed by atoms with Crippen molar-refractivity contribution in [1.29, 1.82) is 0 Å². The van der Waals surface area contributed by atoms with Crippen LogP contribution in [0.5, 0.6) is 12.0 Å². The van der Waals surface area contributed by atoms with E-state index in [1.165, 1.54) is 16.6 Å². The van der Waals surface area contributed by atoms with Gasteiger partial charge in [-0.3, -0.25) is 24.1 Å². The minimum absolute atomic E-state index is 0.0599. The molecule has 2 saturated heterocycles. The van der Waals surface area contributed by atoms with Crippen LogP contribution in [0.1, 0.15) is 88.5 Å². The molecule has 9 rings (SSSR count). The van der Waals surface area contributed by atoms with Crippen LogP contribution in [0.4, 0.5) is 4.79 Å². The van der Waals surface area contributed by atoms with Gasteiger partial charge < -0.3 is 44.1 Å². The van der Waals surface area contributed by atoms with Gasteiger partial charge in [-0.05, 0) is 113 Å². The number of ether oxygens (including phenoxy) is 5. The highest BCUT2D eigenvalue weighted by atomic mass is 16.6. The van der Waals surface area contributed by atoms with E-state index in [0.29, 0.717) is 38.9 Å². The van der Waals surface area contributed by atoms with Crippen molar-refractivity contribution in [2.45, 2.75) is 135 Å². The molecule has 1 unspecified atom stereocenters. The second kappa shape index (κ2) is 29.6. The molecule has 7 atom stereocenters. The van der Waals surface area contributed by atoms with E-state index in [0.717, 1.165) is 39.8 Å². The molecular formula is C63H73N13O10. The molecule has 450 valence electrons. The topological polar surface area (TPSA) is 252 Å². The normalized spacial score (nSPS) is 16.9. The molecule has 2 N–H and O–H groups in total. The summed E-state index contributed by atoms with van der Waals surface area (Å²) in [4.78, 5) is 74.8. The molecule has 0 radical (unpaired) electrons. The van der Waals surface area contributed by atoms with Gasteiger partial charge in [0.15, 0.2) is 0 Å². The van der Waals surface area contributed by atoms with Gasteiger partial charge in [-0.2, -0.15) is 9.36 Å². The van der Waals surface area contributed by atoms with E-state index in [1.807, 2.05) is 97.1 Å². The Labute approximate surface area is 500 Å². The molecule has 2 aromatic heterocycles. The van der Waals surface area contributed by atoms with E-state index in [1.54, 1.807) is 49.1 Å². The lowest BCUT2D eigenvalue weighted by molar-refractivity contribution is -0.142. The summed E-state index contributed by atoms with van der Waals surface area (Å²) in [7, 11) is 1.48. The van der Waals surface area contributed by atoms with Crippen molar-refractivity contribution in [2.75, 3.05) is 40.0 Å². The molecule has 5 amide bonds. The molecule has 2 aliphatic heterocycles. The van der Waals surface area contributed by atoms with Crippen LogP contribution < -0.4 is 20.1 Å². The van der Waals surface area contributed by atoms with Crippen molar-refractivity contribution < 1.29 is 47.7 Å². The number of hydrogen-bond donors (Lipinski definition) is 2. The molecule has 23 nitrogen and oxygen atoms in total. The zero-order valence-electron chi connectivity index (χ0n) is 49.3. The zero-order chi connectivity index (χ0) is 60.5. The predicted molar refractivity (Wildman–Crippen MR) is 314 cm³/mol. The van der Waals surface area contributed by atoms with Gasteiger partial charge in [-0.1, -0.05) is 145 Å². The molecular weight excluding hydrogens is 1100 g/mol. The Bertz CT molecular complexity index is 3370. The summed E-state index contributed by atoms with van der Waals surface area (Å²) in [6, 6.07) is 31.8. The number of aromatic nitrogens is 8. The number of nitrogens with zero attached hydrogens (tertiary/aromatic N) is 11.